The Bertz CT molecular complexity index is 386. The smallest absolute Gasteiger partial charge is 0.237 e. The molecule has 2 aliphatic rings. The van der Waals surface area contributed by atoms with Crippen LogP contribution in [0.1, 0.15) is 36.6 Å². The van der Waals surface area contributed by atoms with Gasteiger partial charge in [0.15, 0.2) is 0 Å². The van der Waals surface area contributed by atoms with E-state index < -0.39 is 0 Å². The van der Waals surface area contributed by atoms with Crippen LogP contribution < -0.4 is 10.6 Å². The summed E-state index contributed by atoms with van der Waals surface area (Å²) < 4.78 is 0. The van der Waals surface area contributed by atoms with Gasteiger partial charge in [-0.25, -0.2) is 0 Å². The van der Waals surface area contributed by atoms with E-state index in [0.717, 1.165) is 25.3 Å². The van der Waals surface area contributed by atoms with E-state index in [2.05, 4.69) is 28.1 Å². The molecule has 2 atom stereocenters. The Balaban J connectivity index is 1.70. The molecular formula is C13H18N2OS. The quantitative estimate of drug-likeness (QED) is 0.859. The first-order chi connectivity index (χ1) is 8.34. The minimum absolute atomic E-state index is 0.0106. The topological polar surface area (TPSA) is 41.1 Å². The van der Waals surface area contributed by atoms with Gasteiger partial charge >= 0.3 is 0 Å². The third-order valence-corrected chi connectivity index (χ3v) is 4.56. The molecule has 4 heteroatoms. The number of hydrogen-bond acceptors (Lipinski definition) is 3. The van der Waals surface area contributed by atoms with Crippen molar-refractivity contribution in [2.45, 2.75) is 37.8 Å². The third kappa shape index (κ3) is 2.53. The molecule has 2 unspecified atom stereocenters. The molecule has 0 spiro atoms. The molecule has 92 valence electrons. The van der Waals surface area contributed by atoms with Gasteiger partial charge in [0.25, 0.3) is 0 Å². The Morgan fingerprint density at radius 3 is 2.94 bits per heavy atom. The van der Waals surface area contributed by atoms with Crippen LogP contribution in [0.15, 0.2) is 17.5 Å². The molecule has 0 bridgehead atoms. The second kappa shape index (κ2) is 4.78. The van der Waals surface area contributed by atoms with Crippen molar-refractivity contribution >= 4 is 17.2 Å². The van der Waals surface area contributed by atoms with Crippen molar-refractivity contribution in [1.82, 2.24) is 10.6 Å². The van der Waals surface area contributed by atoms with E-state index in [1.807, 2.05) is 0 Å². The molecule has 1 saturated carbocycles. The van der Waals surface area contributed by atoms with Gasteiger partial charge in [0.05, 0.1) is 6.04 Å². The van der Waals surface area contributed by atoms with Crippen molar-refractivity contribution in [2.75, 3.05) is 6.54 Å². The lowest BCUT2D eigenvalue weighted by Gasteiger charge is -2.27. The summed E-state index contributed by atoms with van der Waals surface area (Å²) in [6, 6.07) is 4.68. The summed E-state index contributed by atoms with van der Waals surface area (Å²) >= 11 is 1.79. The lowest BCUT2D eigenvalue weighted by molar-refractivity contribution is -0.124. The average molecular weight is 250 g/mol. The number of nitrogens with one attached hydrogen (secondary N) is 2. The molecule has 3 nitrogen and oxygen atoms in total. The summed E-state index contributed by atoms with van der Waals surface area (Å²) in [7, 11) is 0. The van der Waals surface area contributed by atoms with E-state index in [0.29, 0.717) is 6.04 Å². The van der Waals surface area contributed by atoms with Crippen LogP contribution in [0.5, 0.6) is 0 Å². The molecule has 1 saturated heterocycles. The molecule has 1 amide bonds. The largest absolute Gasteiger partial charge is 0.355 e. The maximum Gasteiger partial charge on any atom is 0.237 e. The van der Waals surface area contributed by atoms with E-state index in [-0.39, 0.29) is 11.9 Å². The zero-order chi connectivity index (χ0) is 11.7. The standard InChI is InChI=1S/C13H18N2OS/c16-13-10(3-1-7-14-13)15-12(9-5-6-9)11-4-2-8-17-11/h2,4,8-10,12,15H,1,3,5-7H2,(H,14,16). The van der Waals surface area contributed by atoms with Crippen LogP contribution in [0.3, 0.4) is 0 Å². The van der Waals surface area contributed by atoms with E-state index >= 15 is 0 Å². The van der Waals surface area contributed by atoms with Crippen molar-refractivity contribution < 1.29 is 4.79 Å². The molecule has 1 aromatic heterocycles. The summed E-state index contributed by atoms with van der Waals surface area (Å²) in [6.45, 7) is 0.837. The predicted octanol–water partition coefficient (Wildman–Crippen LogP) is 2.07. The molecule has 2 heterocycles. The second-order valence-electron chi connectivity index (χ2n) is 4.98. The molecule has 0 aromatic carbocycles. The highest BCUT2D eigenvalue weighted by molar-refractivity contribution is 7.10. The van der Waals surface area contributed by atoms with Crippen LogP contribution in [-0.2, 0) is 4.79 Å². The van der Waals surface area contributed by atoms with E-state index in [1.165, 1.54) is 17.7 Å². The molecule has 17 heavy (non-hydrogen) atoms. The van der Waals surface area contributed by atoms with Crippen LogP contribution in [-0.4, -0.2) is 18.5 Å². The highest BCUT2D eigenvalue weighted by Gasteiger charge is 2.36. The first-order valence-corrected chi connectivity index (χ1v) is 7.30. The Hall–Kier alpha value is -0.870. The normalized spacial score (nSPS) is 26.6. The number of carbonyl (C=O) groups is 1. The van der Waals surface area contributed by atoms with Crippen molar-refractivity contribution in [3.63, 3.8) is 0 Å². The Morgan fingerprint density at radius 2 is 2.29 bits per heavy atom. The van der Waals surface area contributed by atoms with Gasteiger partial charge in [-0.05, 0) is 43.0 Å². The fourth-order valence-corrected chi connectivity index (χ4v) is 3.37. The minimum Gasteiger partial charge on any atom is -0.355 e. The summed E-state index contributed by atoms with van der Waals surface area (Å²) in [4.78, 5) is 13.2. The first-order valence-electron chi connectivity index (χ1n) is 6.42. The number of thiophene rings is 1. The van der Waals surface area contributed by atoms with Gasteiger partial charge < -0.3 is 5.32 Å². The number of piperidine rings is 1. The molecule has 1 aliphatic heterocycles. The fraction of sp³-hybridized carbons (Fsp3) is 0.615. The molecular weight excluding hydrogens is 232 g/mol. The van der Waals surface area contributed by atoms with Crippen LogP contribution in [0, 0.1) is 5.92 Å². The van der Waals surface area contributed by atoms with Crippen LogP contribution in [0.4, 0.5) is 0 Å². The van der Waals surface area contributed by atoms with Gasteiger partial charge in [-0.1, -0.05) is 6.07 Å². The lowest BCUT2D eigenvalue weighted by atomic mass is 10.0. The molecule has 1 aliphatic carbocycles. The van der Waals surface area contributed by atoms with Crippen LogP contribution >= 0.6 is 11.3 Å². The minimum atomic E-state index is 0.0106. The first kappa shape index (κ1) is 11.2. The summed E-state index contributed by atoms with van der Waals surface area (Å²) in [5.41, 5.74) is 0. The zero-order valence-corrected chi connectivity index (χ0v) is 10.6. The Kier molecular flexibility index (Phi) is 3.16. The third-order valence-electron chi connectivity index (χ3n) is 3.61. The lowest BCUT2D eigenvalue weighted by Crippen LogP contribution is -2.49. The molecule has 0 radical (unpaired) electrons. The SMILES string of the molecule is O=C1NCCCC1NC(c1cccs1)C1CC1. The average Bonchev–Trinajstić information content (AvgIpc) is 3.03. The summed E-state index contributed by atoms with van der Waals surface area (Å²) in [6.07, 6.45) is 4.65. The van der Waals surface area contributed by atoms with Crippen molar-refractivity contribution in [3.8, 4) is 0 Å². The monoisotopic (exact) mass is 250 g/mol. The van der Waals surface area contributed by atoms with Crippen molar-refractivity contribution in [2.24, 2.45) is 5.92 Å². The number of amides is 1. The maximum absolute atomic E-state index is 11.8. The molecule has 1 aromatic rings. The number of hydrogen-bond donors (Lipinski definition) is 2. The van der Waals surface area contributed by atoms with Crippen LogP contribution in [0.2, 0.25) is 0 Å². The zero-order valence-electron chi connectivity index (χ0n) is 9.82. The van der Waals surface area contributed by atoms with Crippen molar-refractivity contribution in [3.05, 3.63) is 22.4 Å². The van der Waals surface area contributed by atoms with E-state index in [4.69, 9.17) is 0 Å². The van der Waals surface area contributed by atoms with Gasteiger partial charge in [0.2, 0.25) is 5.91 Å². The van der Waals surface area contributed by atoms with Crippen molar-refractivity contribution in [1.29, 1.82) is 0 Å². The van der Waals surface area contributed by atoms with E-state index in [1.54, 1.807) is 11.3 Å². The molecule has 2 N–H and O–H groups in total. The Labute approximate surface area is 106 Å². The second-order valence-corrected chi connectivity index (χ2v) is 5.96. The predicted molar refractivity (Wildman–Crippen MR) is 69.0 cm³/mol. The van der Waals surface area contributed by atoms with E-state index in [9.17, 15) is 4.79 Å². The molecule has 2 fully saturated rings. The van der Waals surface area contributed by atoms with Crippen LogP contribution in [0.25, 0.3) is 0 Å². The van der Waals surface area contributed by atoms with Gasteiger partial charge in [-0.2, -0.15) is 0 Å². The molecule has 3 rings (SSSR count). The maximum atomic E-state index is 11.8. The Morgan fingerprint density at radius 1 is 1.41 bits per heavy atom. The van der Waals surface area contributed by atoms with Gasteiger partial charge in [0.1, 0.15) is 0 Å². The summed E-state index contributed by atoms with van der Waals surface area (Å²) in [5, 5.41) is 8.63. The number of carbonyl (C=O) groups excluding carboxylic acids is 1. The van der Waals surface area contributed by atoms with Gasteiger partial charge in [-0.15, -0.1) is 11.3 Å². The van der Waals surface area contributed by atoms with Gasteiger partial charge in [0, 0.05) is 17.5 Å². The highest BCUT2D eigenvalue weighted by atomic mass is 32.1. The highest BCUT2D eigenvalue weighted by Crippen LogP contribution is 2.42. The van der Waals surface area contributed by atoms with Gasteiger partial charge in [-0.3, -0.25) is 10.1 Å². The summed E-state index contributed by atoms with van der Waals surface area (Å²) in [5.74, 6) is 0.918. The fourth-order valence-electron chi connectivity index (χ4n) is 2.50. The number of rotatable bonds is 4.